The highest BCUT2D eigenvalue weighted by Gasteiger charge is 2.37. The number of benzene rings is 2. The van der Waals surface area contributed by atoms with Gasteiger partial charge in [0.05, 0.1) is 13.8 Å². The number of nitrogens with zero attached hydrogens (tertiary/aromatic N) is 1. The summed E-state index contributed by atoms with van der Waals surface area (Å²) < 4.78 is 0. The standard InChI is InChI=1S/C29H35NSi/c1-29(2)25-16-9-8-13-22(25)23-14-10-15-24(28(23)29)26-18-21(17-20-11-6-7-12-20)27(19-30-26)31(3,4)5/h8-10,13-16,18-20H,6-7,11-12,17H2,1-5H3. The van der Waals surface area contributed by atoms with E-state index in [9.17, 15) is 0 Å². The second-order valence-corrected chi connectivity index (χ2v) is 16.3. The van der Waals surface area contributed by atoms with Gasteiger partial charge in [-0.15, -0.1) is 0 Å². The molecule has 31 heavy (non-hydrogen) atoms. The number of aromatic nitrogens is 1. The molecule has 5 rings (SSSR count). The first kappa shape index (κ1) is 20.7. The molecule has 1 nitrogen and oxygen atoms in total. The van der Waals surface area contributed by atoms with Crippen LogP contribution in [0, 0.1) is 5.92 Å². The van der Waals surface area contributed by atoms with Gasteiger partial charge in [-0.2, -0.15) is 0 Å². The third-order valence-electron chi connectivity index (χ3n) is 7.64. The Morgan fingerprint density at radius 3 is 2.32 bits per heavy atom. The maximum absolute atomic E-state index is 5.09. The summed E-state index contributed by atoms with van der Waals surface area (Å²) in [5, 5.41) is 1.55. The minimum atomic E-state index is -1.44. The van der Waals surface area contributed by atoms with Crippen molar-refractivity contribution in [2.45, 2.75) is 71.0 Å². The summed E-state index contributed by atoms with van der Waals surface area (Å²) in [5.74, 6) is 0.854. The molecule has 3 aromatic rings. The Kier molecular flexibility index (Phi) is 4.97. The highest BCUT2D eigenvalue weighted by atomic mass is 28.3. The van der Waals surface area contributed by atoms with E-state index in [1.165, 1.54) is 59.9 Å². The highest BCUT2D eigenvalue weighted by molar-refractivity contribution is 6.89. The van der Waals surface area contributed by atoms with Crippen LogP contribution in [-0.4, -0.2) is 13.1 Å². The molecule has 2 aliphatic carbocycles. The van der Waals surface area contributed by atoms with Gasteiger partial charge in [-0.1, -0.05) is 102 Å². The Labute approximate surface area is 189 Å². The molecule has 0 bridgehead atoms. The summed E-state index contributed by atoms with van der Waals surface area (Å²) in [5.41, 5.74) is 9.68. The van der Waals surface area contributed by atoms with E-state index >= 15 is 0 Å². The predicted molar refractivity (Wildman–Crippen MR) is 136 cm³/mol. The average Bonchev–Trinajstić information content (AvgIpc) is 3.32. The van der Waals surface area contributed by atoms with Crippen LogP contribution in [0.2, 0.25) is 19.6 Å². The molecule has 0 spiro atoms. The van der Waals surface area contributed by atoms with E-state index in [1.807, 2.05) is 0 Å². The van der Waals surface area contributed by atoms with Crippen LogP contribution in [0.3, 0.4) is 0 Å². The van der Waals surface area contributed by atoms with Crippen molar-refractivity contribution in [3.05, 3.63) is 71.4 Å². The number of hydrogen-bond donors (Lipinski definition) is 0. The molecule has 0 atom stereocenters. The average molecular weight is 426 g/mol. The molecule has 160 valence electrons. The molecule has 1 aromatic heterocycles. The van der Waals surface area contributed by atoms with Crippen LogP contribution in [0.25, 0.3) is 22.4 Å². The molecule has 2 aromatic carbocycles. The molecule has 0 N–H and O–H groups in total. The van der Waals surface area contributed by atoms with Gasteiger partial charge in [-0.25, -0.2) is 0 Å². The van der Waals surface area contributed by atoms with Gasteiger partial charge >= 0.3 is 0 Å². The summed E-state index contributed by atoms with van der Waals surface area (Å²) in [6.07, 6.45) is 9.07. The summed E-state index contributed by atoms with van der Waals surface area (Å²) in [7, 11) is -1.44. The minimum absolute atomic E-state index is 0.00668. The van der Waals surface area contributed by atoms with Gasteiger partial charge in [0.25, 0.3) is 0 Å². The third-order valence-corrected chi connectivity index (χ3v) is 9.70. The lowest BCUT2D eigenvalue weighted by Gasteiger charge is -2.26. The van der Waals surface area contributed by atoms with Crippen molar-refractivity contribution in [3.63, 3.8) is 0 Å². The predicted octanol–water partition coefficient (Wildman–Crippen LogP) is 7.33. The van der Waals surface area contributed by atoms with Gasteiger partial charge in [-0.3, -0.25) is 4.98 Å². The first-order chi connectivity index (χ1) is 14.8. The SMILES string of the molecule is CC1(C)c2ccccc2-c2cccc(-c3cc(CC4CCCC4)c([Si](C)(C)C)cn3)c21. The molecule has 0 radical (unpaired) electrons. The molecular formula is C29H35NSi. The molecule has 0 unspecified atom stereocenters. The van der Waals surface area contributed by atoms with E-state index in [0.717, 1.165) is 11.6 Å². The van der Waals surface area contributed by atoms with Crippen molar-refractivity contribution in [1.82, 2.24) is 4.98 Å². The van der Waals surface area contributed by atoms with Gasteiger partial charge in [0.1, 0.15) is 0 Å². The van der Waals surface area contributed by atoms with E-state index in [0.29, 0.717) is 0 Å². The summed E-state index contributed by atoms with van der Waals surface area (Å²) in [6, 6.07) is 18.2. The zero-order valence-corrected chi connectivity index (χ0v) is 20.8. The third kappa shape index (κ3) is 3.49. The van der Waals surface area contributed by atoms with Crippen LogP contribution in [0.15, 0.2) is 54.7 Å². The van der Waals surface area contributed by atoms with Crippen molar-refractivity contribution >= 4 is 13.3 Å². The topological polar surface area (TPSA) is 12.9 Å². The molecule has 0 aliphatic heterocycles. The summed E-state index contributed by atoms with van der Waals surface area (Å²) in [6.45, 7) is 12.1. The second-order valence-electron chi connectivity index (χ2n) is 11.2. The fourth-order valence-corrected chi connectivity index (χ4v) is 7.66. The molecule has 2 heteroatoms. The molecule has 1 saturated carbocycles. The maximum Gasteiger partial charge on any atom is 0.0799 e. The Bertz CT molecular complexity index is 1130. The largest absolute Gasteiger partial charge is 0.256 e. The number of rotatable bonds is 4. The van der Waals surface area contributed by atoms with Gasteiger partial charge in [0.2, 0.25) is 0 Å². The van der Waals surface area contributed by atoms with Gasteiger partial charge < -0.3 is 0 Å². The van der Waals surface area contributed by atoms with Crippen molar-refractivity contribution in [2.75, 3.05) is 0 Å². The first-order valence-electron chi connectivity index (χ1n) is 12.0. The molecular weight excluding hydrogens is 390 g/mol. The van der Waals surface area contributed by atoms with Crippen LogP contribution in [0.5, 0.6) is 0 Å². The first-order valence-corrected chi connectivity index (χ1v) is 15.5. The minimum Gasteiger partial charge on any atom is -0.256 e. The quantitative estimate of drug-likeness (QED) is 0.399. The van der Waals surface area contributed by atoms with E-state index in [-0.39, 0.29) is 5.41 Å². The second kappa shape index (κ2) is 7.45. The Balaban J connectivity index is 1.66. The van der Waals surface area contributed by atoms with Crippen molar-refractivity contribution < 1.29 is 0 Å². The van der Waals surface area contributed by atoms with Gasteiger partial charge in [0.15, 0.2) is 0 Å². The zero-order chi connectivity index (χ0) is 21.8. The normalized spacial score (nSPS) is 17.6. The van der Waals surface area contributed by atoms with Crippen molar-refractivity contribution in [1.29, 1.82) is 0 Å². The Hall–Kier alpha value is -2.19. The zero-order valence-electron chi connectivity index (χ0n) is 19.8. The number of hydrogen-bond acceptors (Lipinski definition) is 1. The smallest absolute Gasteiger partial charge is 0.0799 e. The number of pyridine rings is 1. The lowest BCUT2D eigenvalue weighted by Crippen LogP contribution is -2.41. The molecule has 1 heterocycles. The van der Waals surface area contributed by atoms with E-state index in [2.05, 4.69) is 88.2 Å². The fourth-order valence-electron chi connectivity index (χ4n) is 6.08. The van der Waals surface area contributed by atoms with Crippen LogP contribution in [0.4, 0.5) is 0 Å². The summed E-state index contributed by atoms with van der Waals surface area (Å²) in [4.78, 5) is 5.09. The molecule has 1 fully saturated rings. The van der Waals surface area contributed by atoms with Crippen LogP contribution in [-0.2, 0) is 11.8 Å². The molecule has 2 aliphatic rings. The lowest BCUT2D eigenvalue weighted by molar-refractivity contribution is 0.547. The lowest BCUT2D eigenvalue weighted by atomic mass is 9.79. The van der Waals surface area contributed by atoms with Crippen LogP contribution >= 0.6 is 0 Å². The van der Waals surface area contributed by atoms with Crippen LogP contribution < -0.4 is 5.19 Å². The van der Waals surface area contributed by atoms with Crippen molar-refractivity contribution in [3.8, 4) is 22.4 Å². The van der Waals surface area contributed by atoms with E-state index < -0.39 is 8.07 Å². The van der Waals surface area contributed by atoms with E-state index in [4.69, 9.17) is 4.98 Å². The maximum atomic E-state index is 5.09. The monoisotopic (exact) mass is 425 g/mol. The number of fused-ring (bicyclic) bond motifs is 3. The molecule has 0 saturated heterocycles. The molecule has 0 amide bonds. The van der Waals surface area contributed by atoms with Gasteiger partial charge in [-0.05, 0) is 51.4 Å². The van der Waals surface area contributed by atoms with E-state index in [1.54, 1.807) is 10.8 Å². The highest BCUT2D eigenvalue weighted by Crippen LogP contribution is 2.51. The fraction of sp³-hybridized carbons (Fsp3) is 0.414. The Morgan fingerprint density at radius 1 is 0.903 bits per heavy atom. The van der Waals surface area contributed by atoms with Crippen molar-refractivity contribution in [2.24, 2.45) is 5.92 Å². The van der Waals surface area contributed by atoms with Gasteiger partial charge in [0, 0.05) is 17.2 Å². The summed E-state index contributed by atoms with van der Waals surface area (Å²) >= 11 is 0. The Morgan fingerprint density at radius 2 is 1.58 bits per heavy atom. The van der Waals surface area contributed by atoms with Crippen LogP contribution in [0.1, 0.15) is 56.2 Å².